The fourth-order valence-corrected chi connectivity index (χ4v) is 5.17. The quantitative estimate of drug-likeness (QED) is 0.546. The van der Waals surface area contributed by atoms with E-state index >= 15 is 0 Å². The molecule has 2 N–H and O–H groups in total. The second-order valence-electron chi connectivity index (χ2n) is 8.91. The molecule has 2 atom stereocenters. The van der Waals surface area contributed by atoms with Crippen molar-refractivity contribution >= 4 is 22.8 Å². The highest BCUT2D eigenvalue weighted by molar-refractivity contribution is 5.88. The van der Waals surface area contributed by atoms with Crippen LogP contribution in [0, 0.1) is 5.82 Å². The zero-order chi connectivity index (χ0) is 23.8. The average Bonchev–Trinajstić information content (AvgIpc) is 3.40. The van der Waals surface area contributed by atoms with E-state index < -0.39 is 12.0 Å². The van der Waals surface area contributed by atoms with Gasteiger partial charge in [-0.25, -0.2) is 9.18 Å². The molecule has 0 fully saturated rings. The van der Waals surface area contributed by atoms with Crippen molar-refractivity contribution in [3.8, 4) is 11.5 Å². The maximum Gasteiger partial charge on any atom is 0.326 e. The van der Waals surface area contributed by atoms with Crippen LogP contribution in [0.5, 0.6) is 11.5 Å². The number of nitrogens with zero attached hydrogens (tertiary/aromatic N) is 1. The maximum atomic E-state index is 14.1. The predicted octanol–water partition coefficient (Wildman–Crippen LogP) is 4.15. The second kappa shape index (κ2) is 9.00. The van der Waals surface area contributed by atoms with E-state index in [2.05, 4.69) is 5.32 Å². The van der Waals surface area contributed by atoms with Crippen molar-refractivity contribution in [2.45, 2.75) is 57.5 Å². The lowest BCUT2D eigenvalue weighted by atomic mass is 9.91. The van der Waals surface area contributed by atoms with Gasteiger partial charge >= 0.3 is 5.97 Å². The molecule has 0 radical (unpaired) electrons. The Labute approximate surface area is 196 Å². The van der Waals surface area contributed by atoms with Crippen LogP contribution in [0.2, 0.25) is 0 Å². The minimum atomic E-state index is -0.898. The van der Waals surface area contributed by atoms with Crippen LogP contribution >= 0.6 is 0 Å². The van der Waals surface area contributed by atoms with Gasteiger partial charge in [-0.1, -0.05) is 13.0 Å². The number of rotatable bonds is 7. The number of carboxylic acids is 1. The molecular formula is C26H27FN2O5. The Hall–Kier alpha value is -3.55. The standard InChI is InChI=1S/C26H27FN2O5/c1-2-20(26(31)32)29-21-7-5-16(27)12-18(21)19-13-17(6-8-22(19)29)28-25(30)10-4-15-3-9-23-24(11-15)34-14-33-23/h3,5,7,9,11-12,17,20H,2,4,6,8,10,13-14H2,1H3,(H,28,30)(H,31,32)/t17-,20?/m0/s1. The van der Waals surface area contributed by atoms with Crippen LogP contribution in [0.3, 0.4) is 0 Å². The molecule has 1 amide bonds. The number of nitrogens with one attached hydrogen (secondary N) is 1. The summed E-state index contributed by atoms with van der Waals surface area (Å²) >= 11 is 0. The summed E-state index contributed by atoms with van der Waals surface area (Å²) in [5.74, 6) is 0.122. The van der Waals surface area contributed by atoms with E-state index in [4.69, 9.17) is 9.47 Å². The number of aromatic nitrogens is 1. The number of carbonyl (C=O) groups excluding carboxylic acids is 1. The molecule has 2 aromatic carbocycles. The highest BCUT2D eigenvalue weighted by Crippen LogP contribution is 2.36. The van der Waals surface area contributed by atoms with Crippen LogP contribution in [0.4, 0.5) is 4.39 Å². The zero-order valence-corrected chi connectivity index (χ0v) is 19.0. The Morgan fingerprint density at radius 1 is 1.21 bits per heavy atom. The highest BCUT2D eigenvalue weighted by atomic mass is 19.1. The third kappa shape index (κ3) is 4.08. The van der Waals surface area contributed by atoms with Crippen LogP contribution < -0.4 is 14.8 Å². The van der Waals surface area contributed by atoms with Gasteiger partial charge in [0.25, 0.3) is 0 Å². The van der Waals surface area contributed by atoms with Crippen molar-refractivity contribution in [2.24, 2.45) is 0 Å². The van der Waals surface area contributed by atoms with Crippen molar-refractivity contribution in [2.75, 3.05) is 6.79 Å². The molecule has 0 saturated carbocycles. The first-order chi connectivity index (χ1) is 16.4. The molecule has 1 aromatic heterocycles. The third-order valence-corrected chi connectivity index (χ3v) is 6.79. The smallest absolute Gasteiger partial charge is 0.326 e. The summed E-state index contributed by atoms with van der Waals surface area (Å²) < 4.78 is 26.7. The summed E-state index contributed by atoms with van der Waals surface area (Å²) in [5, 5.41) is 13.6. The van der Waals surface area contributed by atoms with Gasteiger partial charge in [0.05, 0.1) is 0 Å². The van der Waals surface area contributed by atoms with Crippen molar-refractivity contribution < 1.29 is 28.6 Å². The molecular weight excluding hydrogens is 439 g/mol. The van der Waals surface area contributed by atoms with Crippen LogP contribution in [-0.4, -0.2) is 34.4 Å². The molecule has 1 aliphatic carbocycles. The lowest BCUT2D eigenvalue weighted by Crippen LogP contribution is -2.39. The number of hydrogen-bond donors (Lipinski definition) is 2. The van der Waals surface area contributed by atoms with Crippen LogP contribution in [0.15, 0.2) is 36.4 Å². The number of amides is 1. The summed E-state index contributed by atoms with van der Waals surface area (Å²) in [4.78, 5) is 24.6. The monoisotopic (exact) mass is 466 g/mol. The number of halogens is 1. The number of fused-ring (bicyclic) bond motifs is 4. The largest absolute Gasteiger partial charge is 0.480 e. The fraction of sp³-hybridized carbons (Fsp3) is 0.385. The van der Waals surface area contributed by atoms with E-state index in [-0.39, 0.29) is 24.6 Å². The highest BCUT2D eigenvalue weighted by Gasteiger charge is 2.31. The van der Waals surface area contributed by atoms with Crippen molar-refractivity contribution in [1.82, 2.24) is 9.88 Å². The molecule has 34 heavy (non-hydrogen) atoms. The van der Waals surface area contributed by atoms with E-state index in [9.17, 15) is 19.1 Å². The van der Waals surface area contributed by atoms with Crippen molar-refractivity contribution in [3.63, 3.8) is 0 Å². The first-order valence-corrected chi connectivity index (χ1v) is 11.7. The van der Waals surface area contributed by atoms with E-state index in [0.717, 1.165) is 33.5 Å². The minimum Gasteiger partial charge on any atom is -0.480 e. The Bertz CT molecular complexity index is 1270. The Morgan fingerprint density at radius 3 is 2.82 bits per heavy atom. The molecule has 7 nitrogen and oxygen atoms in total. The average molecular weight is 467 g/mol. The molecule has 2 aliphatic rings. The first kappa shape index (κ1) is 22.3. The number of carboxylic acid groups (broad SMARTS) is 1. The fourth-order valence-electron chi connectivity index (χ4n) is 5.17. The van der Waals surface area contributed by atoms with Gasteiger partial charge in [-0.2, -0.15) is 0 Å². The molecule has 0 saturated heterocycles. The summed E-state index contributed by atoms with van der Waals surface area (Å²) in [7, 11) is 0. The number of aryl methyl sites for hydroxylation is 1. The van der Waals surface area contributed by atoms with Gasteiger partial charge in [0.15, 0.2) is 11.5 Å². The SMILES string of the molecule is CCC(C(=O)O)n1c2c(c3cc(F)ccc31)C[C@@H](NC(=O)CCc1ccc3c(c1)OCO3)CC2. The molecule has 5 rings (SSSR count). The Morgan fingerprint density at radius 2 is 2.03 bits per heavy atom. The van der Waals surface area contributed by atoms with E-state index in [0.29, 0.717) is 44.3 Å². The topological polar surface area (TPSA) is 89.8 Å². The van der Waals surface area contributed by atoms with Gasteiger partial charge in [-0.3, -0.25) is 4.79 Å². The first-order valence-electron chi connectivity index (χ1n) is 11.7. The van der Waals surface area contributed by atoms with Crippen LogP contribution in [-0.2, 0) is 28.9 Å². The van der Waals surface area contributed by atoms with Gasteiger partial charge in [-0.05, 0) is 73.6 Å². The molecule has 2 heterocycles. The molecule has 0 bridgehead atoms. The van der Waals surface area contributed by atoms with E-state index in [1.165, 1.54) is 12.1 Å². The predicted molar refractivity (Wildman–Crippen MR) is 124 cm³/mol. The number of ether oxygens (including phenoxy) is 2. The zero-order valence-electron chi connectivity index (χ0n) is 19.0. The summed E-state index contributed by atoms with van der Waals surface area (Å²) in [6.45, 7) is 2.06. The molecule has 8 heteroatoms. The lowest BCUT2D eigenvalue weighted by molar-refractivity contribution is -0.141. The summed E-state index contributed by atoms with van der Waals surface area (Å²) in [6, 6.07) is 9.41. The second-order valence-corrected chi connectivity index (χ2v) is 8.91. The van der Waals surface area contributed by atoms with Gasteiger partial charge in [-0.15, -0.1) is 0 Å². The number of carbonyl (C=O) groups is 2. The normalized spacial score (nSPS) is 17.4. The Kier molecular flexibility index (Phi) is 5.89. The lowest BCUT2D eigenvalue weighted by Gasteiger charge is -2.26. The summed E-state index contributed by atoms with van der Waals surface area (Å²) in [5.41, 5.74) is 3.60. The molecule has 1 aliphatic heterocycles. The number of benzene rings is 2. The summed E-state index contributed by atoms with van der Waals surface area (Å²) in [6.07, 6.45) is 3.25. The van der Waals surface area contributed by atoms with Gasteiger partial charge < -0.3 is 24.5 Å². The van der Waals surface area contributed by atoms with Crippen LogP contribution in [0.25, 0.3) is 10.9 Å². The van der Waals surface area contributed by atoms with Gasteiger partial charge in [0, 0.05) is 29.1 Å². The number of hydrogen-bond acceptors (Lipinski definition) is 4. The van der Waals surface area contributed by atoms with Crippen molar-refractivity contribution in [1.29, 1.82) is 0 Å². The Balaban J connectivity index is 1.31. The molecule has 3 aromatic rings. The molecule has 1 unspecified atom stereocenters. The van der Waals surface area contributed by atoms with Crippen LogP contribution in [0.1, 0.15) is 49.0 Å². The molecule has 178 valence electrons. The molecule has 0 spiro atoms. The van der Waals surface area contributed by atoms with Crippen molar-refractivity contribution in [3.05, 3.63) is 59.0 Å². The maximum absolute atomic E-state index is 14.1. The minimum absolute atomic E-state index is 0.0435. The van der Waals surface area contributed by atoms with Gasteiger partial charge in [0.1, 0.15) is 11.9 Å². The third-order valence-electron chi connectivity index (χ3n) is 6.79. The van der Waals surface area contributed by atoms with E-state index in [1.54, 1.807) is 6.07 Å². The van der Waals surface area contributed by atoms with Gasteiger partial charge in [0.2, 0.25) is 12.7 Å². The van der Waals surface area contributed by atoms with E-state index in [1.807, 2.05) is 29.7 Å². The number of aliphatic carboxylic acids is 1.